The number of nitrogen functional groups attached to an aromatic ring is 1. The number of anilines is 1. The lowest BCUT2D eigenvalue weighted by Gasteiger charge is -2.09. The fraction of sp³-hybridized carbons (Fsp3) is 0.200. The number of hydrogen-bond donors (Lipinski definition) is 1. The van der Waals surface area contributed by atoms with Crippen LogP contribution in [0.4, 0.5) is 10.1 Å². The minimum atomic E-state index is -1.30. The van der Waals surface area contributed by atoms with Gasteiger partial charge in [-0.1, -0.05) is 18.2 Å². The van der Waals surface area contributed by atoms with E-state index in [1.807, 2.05) is 24.3 Å². The Morgan fingerprint density at radius 2 is 2.10 bits per heavy atom. The summed E-state index contributed by atoms with van der Waals surface area (Å²) in [7, 11) is -1.30. The van der Waals surface area contributed by atoms with Crippen molar-refractivity contribution in [3.05, 3.63) is 53.8 Å². The smallest absolute Gasteiger partial charge is 0.126 e. The first-order valence-corrected chi connectivity index (χ1v) is 7.61. The molecule has 5 heteroatoms. The zero-order valence-corrected chi connectivity index (χ0v) is 11.5. The first kappa shape index (κ1) is 13.1. The van der Waals surface area contributed by atoms with Gasteiger partial charge in [-0.25, -0.2) is 4.39 Å². The van der Waals surface area contributed by atoms with Gasteiger partial charge in [0.2, 0.25) is 0 Å². The Morgan fingerprint density at radius 1 is 1.30 bits per heavy atom. The average molecular weight is 291 g/mol. The predicted octanol–water partition coefficient (Wildman–Crippen LogP) is 2.69. The van der Waals surface area contributed by atoms with Crippen molar-refractivity contribution in [1.29, 1.82) is 0 Å². The van der Waals surface area contributed by atoms with Crippen molar-refractivity contribution in [2.75, 3.05) is 18.1 Å². The molecule has 0 amide bonds. The molecule has 1 heterocycles. The maximum absolute atomic E-state index is 13.3. The Bertz CT molecular complexity index is 654. The first-order chi connectivity index (χ1) is 9.63. The molecule has 0 aliphatic carbocycles. The van der Waals surface area contributed by atoms with Crippen molar-refractivity contribution in [1.82, 2.24) is 0 Å². The lowest BCUT2D eigenvalue weighted by Crippen LogP contribution is -2.11. The van der Waals surface area contributed by atoms with Gasteiger partial charge in [0.25, 0.3) is 0 Å². The molecule has 1 aliphatic heterocycles. The van der Waals surface area contributed by atoms with Gasteiger partial charge < -0.3 is 10.5 Å². The van der Waals surface area contributed by atoms with Gasteiger partial charge in [-0.3, -0.25) is 4.21 Å². The molecule has 2 unspecified atom stereocenters. The molecule has 0 saturated heterocycles. The van der Waals surface area contributed by atoms with E-state index in [2.05, 4.69) is 0 Å². The molecule has 2 N–H and O–H groups in total. The summed E-state index contributed by atoms with van der Waals surface area (Å²) in [5.74, 6) is 0.848. The largest absolute Gasteiger partial charge is 0.493 e. The predicted molar refractivity (Wildman–Crippen MR) is 76.8 cm³/mol. The number of para-hydroxylation sites is 1. The Morgan fingerprint density at radius 3 is 2.90 bits per heavy atom. The van der Waals surface area contributed by atoms with Crippen LogP contribution in [0.3, 0.4) is 0 Å². The fourth-order valence-electron chi connectivity index (χ4n) is 2.36. The molecule has 0 spiro atoms. The van der Waals surface area contributed by atoms with E-state index >= 15 is 0 Å². The van der Waals surface area contributed by atoms with E-state index in [-0.39, 0.29) is 11.6 Å². The SMILES string of the molecule is Nc1cc(F)cc(S(=O)CC2COc3ccccc32)c1. The van der Waals surface area contributed by atoms with E-state index in [1.54, 1.807) is 6.07 Å². The highest BCUT2D eigenvalue weighted by atomic mass is 32.2. The molecule has 0 radical (unpaired) electrons. The molecule has 2 atom stereocenters. The Kier molecular flexibility index (Phi) is 3.44. The monoisotopic (exact) mass is 291 g/mol. The van der Waals surface area contributed by atoms with E-state index < -0.39 is 16.6 Å². The van der Waals surface area contributed by atoms with Gasteiger partial charge in [-0.05, 0) is 24.3 Å². The van der Waals surface area contributed by atoms with Crippen LogP contribution in [0.5, 0.6) is 5.75 Å². The Labute approximate surface area is 119 Å². The van der Waals surface area contributed by atoms with Crippen LogP contribution in [0.1, 0.15) is 11.5 Å². The van der Waals surface area contributed by atoms with Crippen LogP contribution >= 0.6 is 0 Å². The maximum Gasteiger partial charge on any atom is 0.126 e. The zero-order valence-electron chi connectivity index (χ0n) is 10.7. The molecular formula is C15H14FNO2S. The normalized spacial score (nSPS) is 18.4. The third kappa shape index (κ3) is 2.54. The van der Waals surface area contributed by atoms with Crippen LogP contribution in [-0.2, 0) is 10.8 Å². The van der Waals surface area contributed by atoms with E-state index in [1.165, 1.54) is 12.1 Å². The number of hydrogen-bond acceptors (Lipinski definition) is 3. The molecule has 0 saturated carbocycles. The van der Waals surface area contributed by atoms with Crippen LogP contribution in [0, 0.1) is 5.82 Å². The summed E-state index contributed by atoms with van der Waals surface area (Å²) >= 11 is 0. The summed E-state index contributed by atoms with van der Waals surface area (Å²) in [6.07, 6.45) is 0. The van der Waals surface area contributed by atoms with Crippen molar-refractivity contribution in [3.8, 4) is 5.75 Å². The first-order valence-electron chi connectivity index (χ1n) is 6.29. The molecule has 0 fully saturated rings. The summed E-state index contributed by atoms with van der Waals surface area (Å²) in [5, 5.41) is 0. The third-order valence-electron chi connectivity index (χ3n) is 3.31. The lowest BCUT2D eigenvalue weighted by molar-refractivity contribution is 0.338. The van der Waals surface area contributed by atoms with Gasteiger partial charge in [-0.15, -0.1) is 0 Å². The second-order valence-corrected chi connectivity index (χ2v) is 6.27. The van der Waals surface area contributed by atoms with Gasteiger partial charge in [0.1, 0.15) is 11.6 Å². The molecule has 20 heavy (non-hydrogen) atoms. The maximum atomic E-state index is 13.3. The summed E-state index contributed by atoms with van der Waals surface area (Å²) in [6, 6.07) is 11.8. The van der Waals surface area contributed by atoms with Gasteiger partial charge in [0.15, 0.2) is 0 Å². The standard InChI is InChI=1S/C15H14FNO2S/c16-11-5-12(17)7-13(6-11)20(18)9-10-8-19-15-4-2-1-3-14(10)15/h1-7,10H,8-9,17H2. The van der Waals surface area contributed by atoms with Crippen molar-refractivity contribution < 1.29 is 13.3 Å². The van der Waals surface area contributed by atoms with Gasteiger partial charge in [-0.2, -0.15) is 0 Å². The second-order valence-electron chi connectivity index (χ2n) is 4.78. The minimum absolute atomic E-state index is 0.0662. The Balaban J connectivity index is 1.80. The molecule has 2 aromatic rings. The molecule has 0 bridgehead atoms. The quantitative estimate of drug-likeness (QED) is 0.885. The summed E-state index contributed by atoms with van der Waals surface area (Å²) in [6.45, 7) is 0.510. The molecule has 104 valence electrons. The van der Waals surface area contributed by atoms with Crippen molar-refractivity contribution >= 4 is 16.5 Å². The molecule has 3 rings (SSSR count). The van der Waals surface area contributed by atoms with Gasteiger partial charge in [0, 0.05) is 27.8 Å². The van der Waals surface area contributed by atoms with Crippen LogP contribution in [0.15, 0.2) is 47.4 Å². The Hall–Kier alpha value is -1.88. The highest BCUT2D eigenvalue weighted by molar-refractivity contribution is 7.85. The van der Waals surface area contributed by atoms with Crippen LogP contribution in [-0.4, -0.2) is 16.6 Å². The summed E-state index contributed by atoms with van der Waals surface area (Å²) in [5.41, 5.74) is 6.93. The van der Waals surface area contributed by atoms with Crippen molar-refractivity contribution in [3.63, 3.8) is 0 Å². The highest BCUT2D eigenvalue weighted by Crippen LogP contribution is 2.34. The summed E-state index contributed by atoms with van der Waals surface area (Å²) in [4.78, 5) is 0.423. The molecule has 3 nitrogen and oxygen atoms in total. The number of rotatable bonds is 3. The molecular weight excluding hydrogens is 277 g/mol. The van der Waals surface area contributed by atoms with Gasteiger partial charge >= 0.3 is 0 Å². The van der Waals surface area contributed by atoms with Crippen molar-refractivity contribution in [2.24, 2.45) is 0 Å². The second kappa shape index (κ2) is 5.25. The van der Waals surface area contributed by atoms with E-state index in [9.17, 15) is 8.60 Å². The highest BCUT2D eigenvalue weighted by Gasteiger charge is 2.26. The summed E-state index contributed by atoms with van der Waals surface area (Å²) < 4.78 is 31.2. The molecule has 0 aromatic heterocycles. The minimum Gasteiger partial charge on any atom is -0.493 e. The van der Waals surface area contributed by atoms with Gasteiger partial charge in [0.05, 0.1) is 17.4 Å². The number of fused-ring (bicyclic) bond motifs is 1. The lowest BCUT2D eigenvalue weighted by atomic mass is 10.0. The fourth-order valence-corrected chi connectivity index (χ4v) is 3.71. The number of ether oxygens (including phenoxy) is 1. The van der Waals surface area contributed by atoms with Crippen LogP contribution in [0.2, 0.25) is 0 Å². The van der Waals surface area contributed by atoms with Crippen molar-refractivity contribution in [2.45, 2.75) is 10.8 Å². The number of benzene rings is 2. The average Bonchev–Trinajstić information content (AvgIpc) is 2.81. The zero-order chi connectivity index (χ0) is 14.1. The third-order valence-corrected chi connectivity index (χ3v) is 4.77. The molecule has 1 aliphatic rings. The molecule has 2 aromatic carbocycles. The number of halogens is 1. The number of nitrogens with two attached hydrogens (primary N) is 1. The van der Waals surface area contributed by atoms with E-state index in [0.29, 0.717) is 17.3 Å². The topological polar surface area (TPSA) is 52.3 Å². The van der Waals surface area contributed by atoms with Crippen LogP contribution < -0.4 is 10.5 Å². The van der Waals surface area contributed by atoms with Crippen LogP contribution in [0.25, 0.3) is 0 Å². The van der Waals surface area contributed by atoms with E-state index in [0.717, 1.165) is 11.3 Å². The van der Waals surface area contributed by atoms with E-state index in [4.69, 9.17) is 10.5 Å².